The van der Waals surface area contributed by atoms with E-state index in [9.17, 15) is 22.6 Å². The highest BCUT2D eigenvalue weighted by Gasteiger charge is 2.58. The first kappa shape index (κ1) is 25.7. The van der Waals surface area contributed by atoms with Crippen LogP contribution in [0, 0.1) is 5.41 Å². The highest BCUT2D eigenvalue weighted by Crippen LogP contribution is 2.49. The Morgan fingerprint density at radius 2 is 1.85 bits per heavy atom. The van der Waals surface area contributed by atoms with Gasteiger partial charge in [-0.15, -0.1) is 0 Å². The van der Waals surface area contributed by atoms with Gasteiger partial charge in [0.2, 0.25) is 5.91 Å². The lowest BCUT2D eigenvalue weighted by molar-refractivity contribution is -0.158. The number of carbonyl (C=O) groups excluding carboxylic acids is 2. The van der Waals surface area contributed by atoms with E-state index in [0.717, 1.165) is 5.56 Å². The van der Waals surface area contributed by atoms with Gasteiger partial charge in [0.1, 0.15) is 5.60 Å². The molecule has 1 saturated heterocycles. The third kappa shape index (κ3) is 4.84. The number of benzene rings is 1. The van der Waals surface area contributed by atoms with Crippen molar-refractivity contribution in [3.05, 3.63) is 34.3 Å². The summed E-state index contributed by atoms with van der Waals surface area (Å²) in [5.41, 5.74) is -0.192. The number of amides is 2. The topological polar surface area (TPSA) is 107 Å². The maximum absolute atomic E-state index is 13.1. The molecule has 2 aliphatic rings. The molecule has 0 bridgehead atoms. The number of hydrogen-bond donors (Lipinski definition) is 1. The van der Waals surface area contributed by atoms with Crippen molar-refractivity contribution in [1.29, 1.82) is 0 Å². The molecule has 9 nitrogen and oxygen atoms in total. The van der Waals surface area contributed by atoms with E-state index in [2.05, 4.69) is 0 Å². The molecule has 1 aliphatic carbocycles. The van der Waals surface area contributed by atoms with Crippen LogP contribution in [-0.4, -0.2) is 77.4 Å². The quantitative estimate of drug-likeness (QED) is 0.631. The Labute approximate surface area is 200 Å². The SMILES string of the molecule is CN(C)C(=O)[C@H]1N([C@@H]2Cc3cccc(Cl)c3[C@H]2N(C(=O)OC(C)(C)C)S(=O)(=O)O)CC1(C)C. The number of rotatable bonds is 4. The summed E-state index contributed by atoms with van der Waals surface area (Å²) in [5.74, 6) is -0.122. The number of nitrogens with zero attached hydrogens (tertiary/aromatic N) is 3. The number of hydrogen-bond acceptors (Lipinski definition) is 6. The van der Waals surface area contributed by atoms with Crippen LogP contribution < -0.4 is 0 Å². The number of fused-ring (bicyclic) bond motifs is 1. The Hall–Kier alpha value is -1.88. The van der Waals surface area contributed by atoms with E-state index in [4.69, 9.17) is 16.3 Å². The second kappa shape index (κ2) is 8.41. The van der Waals surface area contributed by atoms with Gasteiger partial charge in [-0.1, -0.05) is 37.6 Å². The summed E-state index contributed by atoms with van der Waals surface area (Å²) in [7, 11) is -1.71. The first-order valence-electron chi connectivity index (χ1n) is 10.7. The van der Waals surface area contributed by atoms with E-state index in [1.54, 1.807) is 53.1 Å². The molecule has 3 rings (SSSR count). The normalized spacial score (nSPS) is 24.6. The summed E-state index contributed by atoms with van der Waals surface area (Å²) < 4.78 is 40.9. The van der Waals surface area contributed by atoms with Gasteiger partial charge in [0.15, 0.2) is 0 Å². The molecule has 0 saturated carbocycles. The van der Waals surface area contributed by atoms with Crippen LogP contribution >= 0.6 is 11.6 Å². The molecule has 0 radical (unpaired) electrons. The molecule has 0 unspecified atom stereocenters. The zero-order valence-corrected chi connectivity index (χ0v) is 21.6. The Kier molecular flexibility index (Phi) is 6.56. The number of likely N-dealkylation sites (N-methyl/N-ethyl adjacent to an activating group) is 1. The molecule has 2 amide bonds. The van der Waals surface area contributed by atoms with Gasteiger partial charge in [-0.2, -0.15) is 12.7 Å². The van der Waals surface area contributed by atoms with Crippen LogP contribution in [0.5, 0.6) is 0 Å². The van der Waals surface area contributed by atoms with Gasteiger partial charge in [-0.25, -0.2) is 4.79 Å². The lowest BCUT2D eigenvalue weighted by Gasteiger charge is -2.57. The Morgan fingerprint density at radius 1 is 1.24 bits per heavy atom. The Bertz CT molecular complexity index is 1070. The van der Waals surface area contributed by atoms with Gasteiger partial charge in [0.05, 0.1) is 12.1 Å². The van der Waals surface area contributed by atoms with Crippen LogP contribution in [-0.2, 0) is 26.3 Å². The van der Waals surface area contributed by atoms with Gasteiger partial charge in [-0.05, 0) is 44.4 Å². The molecule has 3 atom stereocenters. The summed E-state index contributed by atoms with van der Waals surface area (Å²) in [6.07, 6.45) is -0.856. The molecule has 1 aromatic carbocycles. The smallest absolute Gasteiger partial charge is 0.426 e. The zero-order valence-electron chi connectivity index (χ0n) is 20.0. The molecular formula is C22H32ClN3O6S. The average Bonchev–Trinajstić information content (AvgIpc) is 2.97. The molecule has 1 fully saturated rings. The fourth-order valence-electron chi connectivity index (χ4n) is 4.86. The standard InChI is InChI=1S/C22H32ClN3O6S/c1-21(2,3)32-20(28)26(33(29,30)31)17-15(11-13-9-8-10-14(23)16(13)17)25-12-22(4,5)18(25)19(27)24(6)7/h8-10,15,17-18H,11-12H2,1-7H3,(H,29,30,31)/t15-,17+,18-/m1/s1. The van der Waals surface area contributed by atoms with Gasteiger partial charge < -0.3 is 9.64 Å². The van der Waals surface area contributed by atoms with Crippen LogP contribution in [0.4, 0.5) is 4.79 Å². The highest BCUT2D eigenvalue weighted by molar-refractivity contribution is 7.84. The van der Waals surface area contributed by atoms with Crippen molar-refractivity contribution in [2.75, 3.05) is 20.6 Å². The molecule has 1 N–H and O–H groups in total. The summed E-state index contributed by atoms with van der Waals surface area (Å²) in [6.45, 7) is 9.23. The Morgan fingerprint density at radius 3 is 2.33 bits per heavy atom. The van der Waals surface area contributed by atoms with E-state index < -0.39 is 40.1 Å². The molecule has 0 spiro atoms. The largest absolute Gasteiger partial charge is 0.443 e. The minimum absolute atomic E-state index is 0.122. The second-order valence-corrected chi connectivity index (χ2v) is 12.3. The first-order chi connectivity index (χ1) is 15.0. The summed E-state index contributed by atoms with van der Waals surface area (Å²) >= 11 is 6.48. The van der Waals surface area contributed by atoms with Crippen molar-refractivity contribution >= 4 is 33.9 Å². The maximum Gasteiger partial charge on any atom is 0.426 e. The molecule has 11 heteroatoms. The van der Waals surface area contributed by atoms with Crippen molar-refractivity contribution in [3.63, 3.8) is 0 Å². The van der Waals surface area contributed by atoms with Crippen molar-refractivity contribution < 1.29 is 27.3 Å². The van der Waals surface area contributed by atoms with Gasteiger partial charge in [-0.3, -0.25) is 14.2 Å². The lowest BCUT2D eigenvalue weighted by atomic mass is 9.72. The van der Waals surface area contributed by atoms with Crippen molar-refractivity contribution in [2.45, 2.75) is 64.8 Å². The molecule has 1 aromatic rings. The van der Waals surface area contributed by atoms with E-state index >= 15 is 0 Å². The summed E-state index contributed by atoms with van der Waals surface area (Å²) in [5, 5.41) is 0.271. The van der Waals surface area contributed by atoms with Crippen LogP contribution in [0.25, 0.3) is 0 Å². The number of halogens is 1. The average molecular weight is 502 g/mol. The summed E-state index contributed by atoms with van der Waals surface area (Å²) in [4.78, 5) is 29.5. The minimum atomic E-state index is -5.03. The van der Waals surface area contributed by atoms with E-state index in [-0.39, 0.29) is 16.3 Å². The van der Waals surface area contributed by atoms with Crippen LogP contribution in [0.3, 0.4) is 0 Å². The number of likely N-dealkylation sites (tertiary alicyclic amines) is 1. The van der Waals surface area contributed by atoms with Crippen molar-refractivity contribution in [2.24, 2.45) is 5.41 Å². The molecular weight excluding hydrogens is 470 g/mol. The second-order valence-electron chi connectivity index (χ2n) is 10.6. The molecule has 1 aliphatic heterocycles. The third-order valence-electron chi connectivity index (χ3n) is 6.07. The van der Waals surface area contributed by atoms with Crippen LogP contribution in [0.1, 0.15) is 51.8 Å². The van der Waals surface area contributed by atoms with Gasteiger partial charge in [0, 0.05) is 37.1 Å². The lowest BCUT2D eigenvalue weighted by Crippen LogP contribution is -2.71. The van der Waals surface area contributed by atoms with Gasteiger partial charge in [0.25, 0.3) is 0 Å². The molecule has 33 heavy (non-hydrogen) atoms. The molecule has 184 valence electrons. The monoisotopic (exact) mass is 501 g/mol. The van der Waals surface area contributed by atoms with E-state index in [1.807, 2.05) is 18.7 Å². The third-order valence-corrected chi connectivity index (χ3v) is 7.27. The first-order valence-corrected chi connectivity index (χ1v) is 12.5. The predicted octanol–water partition coefficient (Wildman–Crippen LogP) is 3.14. The Balaban J connectivity index is 2.14. The fourth-order valence-corrected chi connectivity index (χ4v) is 5.93. The fraction of sp³-hybridized carbons (Fsp3) is 0.636. The van der Waals surface area contributed by atoms with Crippen molar-refractivity contribution in [3.8, 4) is 0 Å². The highest BCUT2D eigenvalue weighted by atomic mass is 35.5. The zero-order chi connectivity index (χ0) is 25.1. The van der Waals surface area contributed by atoms with Crippen LogP contribution in [0.15, 0.2) is 18.2 Å². The predicted molar refractivity (Wildman–Crippen MR) is 124 cm³/mol. The number of ether oxygens (including phenoxy) is 1. The molecule has 0 aromatic heterocycles. The van der Waals surface area contributed by atoms with Crippen molar-refractivity contribution in [1.82, 2.24) is 14.1 Å². The minimum Gasteiger partial charge on any atom is -0.443 e. The summed E-state index contributed by atoms with van der Waals surface area (Å²) in [6, 6.07) is 2.85. The maximum atomic E-state index is 13.1. The molecule has 1 heterocycles. The van der Waals surface area contributed by atoms with E-state index in [0.29, 0.717) is 22.8 Å². The number of carbonyl (C=O) groups is 2. The van der Waals surface area contributed by atoms with E-state index in [1.165, 1.54) is 4.90 Å². The van der Waals surface area contributed by atoms with Gasteiger partial charge >= 0.3 is 16.4 Å². The van der Waals surface area contributed by atoms with Crippen LogP contribution in [0.2, 0.25) is 5.02 Å².